The van der Waals surface area contributed by atoms with Gasteiger partial charge in [-0.25, -0.2) is 0 Å². The molecule has 0 N–H and O–H groups in total. The smallest absolute Gasteiger partial charge is 0.306 e. The minimum Gasteiger partial charge on any atom is -0.494 e. The van der Waals surface area contributed by atoms with E-state index in [2.05, 4.69) is 0 Å². The first-order valence-corrected chi connectivity index (χ1v) is 19.3. The number of rotatable bonds is 31. The van der Waals surface area contributed by atoms with Crippen molar-refractivity contribution in [2.45, 2.75) is 129 Å². The third kappa shape index (κ3) is 25.0. The molecule has 10 nitrogen and oxygen atoms in total. The Morgan fingerprint density at radius 3 is 0.942 bits per heavy atom. The maximum atomic E-state index is 11.9. The highest BCUT2D eigenvalue weighted by atomic mass is 16.5. The van der Waals surface area contributed by atoms with Crippen LogP contribution in [-0.2, 0) is 38.1 Å². The predicted molar refractivity (Wildman–Crippen MR) is 200 cm³/mol. The largest absolute Gasteiger partial charge is 0.494 e. The zero-order valence-corrected chi connectivity index (χ0v) is 31.7. The second-order valence-electron chi connectivity index (χ2n) is 13.2. The Labute approximate surface area is 311 Å². The van der Waals surface area contributed by atoms with Crippen LogP contribution in [0.25, 0.3) is 0 Å². The van der Waals surface area contributed by atoms with Crippen molar-refractivity contribution in [3.8, 4) is 11.5 Å². The summed E-state index contributed by atoms with van der Waals surface area (Å²) in [6, 6.07) is 16.1. The van der Waals surface area contributed by atoms with Crippen LogP contribution in [0.3, 0.4) is 0 Å². The molecule has 290 valence electrons. The summed E-state index contributed by atoms with van der Waals surface area (Å²) in [5.74, 6) is 0.501. The van der Waals surface area contributed by atoms with Crippen LogP contribution in [0.1, 0.15) is 127 Å². The fourth-order valence-corrected chi connectivity index (χ4v) is 5.10. The summed E-state index contributed by atoms with van der Waals surface area (Å²) in [6.45, 7) is 6.84. The molecule has 0 bridgehead atoms. The van der Waals surface area contributed by atoms with Gasteiger partial charge in [0.15, 0.2) is 0 Å². The number of benzene rings is 2. The molecule has 0 saturated carbocycles. The topological polar surface area (TPSA) is 124 Å². The van der Waals surface area contributed by atoms with Gasteiger partial charge in [-0.3, -0.25) is 19.2 Å². The molecule has 0 fully saturated rings. The number of carbonyl (C=O) groups is 4. The minimum atomic E-state index is -0.441. The van der Waals surface area contributed by atoms with Crippen LogP contribution in [0.15, 0.2) is 48.5 Å². The van der Waals surface area contributed by atoms with Gasteiger partial charge >= 0.3 is 23.9 Å². The van der Waals surface area contributed by atoms with Gasteiger partial charge in [0, 0.05) is 12.8 Å². The van der Waals surface area contributed by atoms with E-state index in [9.17, 15) is 19.2 Å². The molecule has 2 aromatic carbocycles. The summed E-state index contributed by atoms with van der Waals surface area (Å²) in [5.41, 5.74) is 2.42. The molecule has 0 radical (unpaired) electrons. The van der Waals surface area contributed by atoms with E-state index in [4.69, 9.17) is 28.4 Å². The second-order valence-corrected chi connectivity index (χ2v) is 13.2. The molecule has 52 heavy (non-hydrogen) atoms. The van der Waals surface area contributed by atoms with Crippen LogP contribution < -0.4 is 9.47 Å². The predicted octanol–water partition coefficient (Wildman–Crippen LogP) is 8.96. The van der Waals surface area contributed by atoms with Gasteiger partial charge in [0.2, 0.25) is 0 Å². The molecule has 0 amide bonds. The minimum absolute atomic E-state index is 0.0298. The van der Waals surface area contributed by atoms with Gasteiger partial charge in [-0.15, -0.1) is 0 Å². The molecule has 0 aliphatic heterocycles. The van der Waals surface area contributed by atoms with Crippen molar-refractivity contribution in [1.82, 2.24) is 0 Å². The number of aryl methyl sites for hydroxylation is 2. The monoisotopic (exact) mass is 726 g/mol. The Bertz CT molecular complexity index is 1140. The Kier molecular flexibility index (Phi) is 25.0. The number of unbranched alkanes of at least 4 members (excludes halogenated alkanes) is 10. The molecule has 0 aromatic heterocycles. The van der Waals surface area contributed by atoms with E-state index in [-0.39, 0.29) is 38.0 Å². The lowest BCUT2D eigenvalue weighted by Gasteiger charge is -2.08. The van der Waals surface area contributed by atoms with Crippen molar-refractivity contribution in [2.75, 3.05) is 39.6 Å². The van der Waals surface area contributed by atoms with Crippen molar-refractivity contribution >= 4 is 23.9 Å². The van der Waals surface area contributed by atoms with Crippen LogP contribution in [0, 0.1) is 13.8 Å². The number of hydrogen-bond donors (Lipinski definition) is 0. The highest BCUT2D eigenvalue weighted by molar-refractivity contribution is 5.77. The van der Waals surface area contributed by atoms with Crippen molar-refractivity contribution in [1.29, 1.82) is 0 Å². The van der Waals surface area contributed by atoms with E-state index in [0.29, 0.717) is 65.0 Å². The van der Waals surface area contributed by atoms with Crippen LogP contribution in [0.4, 0.5) is 0 Å². The fraction of sp³-hybridized carbons (Fsp3) is 0.619. The molecule has 0 unspecified atom stereocenters. The normalized spacial score (nSPS) is 10.7. The Hall–Kier alpha value is -4.08. The standard InChI is InChI=1S/C42H62O10/c1-35-19-23-37(24-20-35)47-29-11-3-5-13-31-49-39(43)17-9-7-15-33-51-41(45)27-28-42(46)52-34-16-8-10-18-40(44)50-32-14-6-4-12-30-48-38-25-21-36(2)22-26-38/h19-26H,3-18,27-34H2,1-2H3. The molecule has 0 saturated heterocycles. The third-order valence-electron chi connectivity index (χ3n) is 8.29. The Morgan fingerprint density at radius 1 is 0.346 bits per heavy atom. The van der Waals surface area contributed by atoms with Crippen LogP contribution in [0.2, 0.25) is 0 Å². The van der Waals surface area contributed by atoms with Crippen molar-refractivity contribution in [2.24, 2.45) is 0 Å². The summed E-state index contributed by atoms with van der Waals surface area (Å²) in [7, 11) is 0. The second kappa shape index (κ2) is 29.5. The summed E-state index contributed by atoms with van der Waals surface area (Å²) in [5, 5.41) is 0. The average Bonchev–Trinajstić information content (AvgIpc) is 3.14. The molecule has 2 rings (SSSR count). The van der Waals surface area contributed by atoms with Gasteiger partial charge in [0.05, 0.1) is 52.5 Å². The highest BCUT2D eigenvalue weighted by Gasteiger charge is 2.10. The van der Waals surface area contributed by atoms with Gasteiger partial charge in [0.1, 0.15) is 11.5 Å². The van der Waals surface area contributed by atoms with Crippen LogP contribution >= 0.6 is 0 Å². The van der Waals surface area contributed by atoms with Crippen molar-refractivity contribution in [3.05, 3.63) is 59.7 Å². The van der Waals surface area contributed by atoms with E-state index in [1.54, 1.807) is 0 Å². The maximum absolute atomic E-state index is 11.9. The molecule has 0 heterocycles. The first-order chi connectivity index (χ1) is 25.3. The molecule has 0 aliphatic rings. The molecular formula is C42H62O10. The number of carbonyl (C=O) groups excluding carboxylic acids is 4. The third-order valence-corrected chi connectivity index (χ3v) is 8.29. The van der Waals surface area contributed by atoms with Crippen molar-refractivity contribution in [3.63, 3.8) is 0 Å². The average molecular weight is 727 g/mol. The zero-order chi connectivity index (χ0) is 37.5. The highest BCUT2D eigenvalue weighted by Crippen LogP contribution is 2.14. The van der Waals surface area contributed by atoms with Gasteiger partial charge in [-0.1, -0.05) is 35.4 Å². The maximum Gasteiger partial charge on any atom is 0.306 e. The molecule has 10 heteroatoms. The quantitative estimate of drug-likeness (QED) is 0.0423. The molecule has 2 aromatic rings. The van der Waals surface area contributed by atoms with E-state index in [1.165, 1.54) is 11.1 Å². The SMILES string of the molecule is Cc1ccc(OCCCCCCOC(=O)CCCCCOC(=O)CCC(=O)OCCCCCC(=O)OCCCCCCOc2ccc(C)cc2)cc1. The summed E-state index contributed by atoms with van der Waals surface area (Å²) < 4.78 is 32.4. The first kappa shape index (κ1) is 44.1. The molecule has 0 aliphatic carbocycles. The summed E-state index contributed by atoms with van der Waals surface area (Å²) >= 11 is 0. The lowest BCUT2D eigenvalue weighted by Crippen LogP contribution is -2.11. The van der Waals surface area contributed by atoms with Crippen molar-refractivity contribution < 1.29 is 47.6 Å². The molecule has 0 spiro atoms. The number of hydrogen-bond acceptors (Lipinski definition) is 10. The summed E-state index contributed by atoms with van der Waals surface area (Å²) in [6.07, 6.45) is 12.4. The Balaban J connectivity index is 1.27. The van der Waals surface area contributed by atoms with E-state index < -0.39 is 11.9 Å². The van der Waals surface area contributed by atoms with Crippen LogP contribution in [-0.4, -0.2) is 63.5 Å². The zero-order valence-electron chi connectivity index (χ0n) is 31.7. The van der Waals surface area contributed by atoms with Crippen LogP contribution in [0.5, 0.6) is 11.5 Å². The van der Waals surface area contributed by atoms with Gasteiger partial charge < -0.3 is 28.4 Å². The van der Waals surface area contributed by atoms with E-state index >= 15 is 0 Å². The molecular weight excluding hydrogens is 664 g/mol. The van der Waals surface area contributed by atoms with Gasteiger partial charge in [-0.05, 0) is 128 Å². The fourth-order valence-electron chi connectivity index (χ4n) is 5.10. The first-order valence-electron chi connectivity index (χ1n) is 19.3. The van der Waals surface area contributed by atoms with E-state index in [1.807, 2.05) is 62.4 Å². The lowest BCUT2D eigenvalue weighted by atomic mass is 10.2. The summed E-state index contributed by atoms with van der Waals surface area (Å²) in [4.78, 5) is 47.7. The number of esters is 4. The number of ether oxygens (including phenoxy) is 6. The van der Waals surface area contributed by atoms with Gasteiger partial charge in [0.25, 0.3) is 0 Å². The lowest BCUT2D eigenvalue weighted by molar-refractivity contribution is -0.150. The van der Waals surface area contributed by atoms with E-state index in [0.717, 1.165) is 75.7 Å². The Morgan fingerprint density at radius 2 is 0.615 bits per heavy atom. The van der Waals surface area contributed by atoms with Gasteiger partial charge in [-0.2, -0.15) is 0 Å². The molecule has 0 atom stereocenters.